The first-order chi connectivity index (χ1) is 17.6. The Morgan fingerprint density at radius 1 is 0.917 bits per heavy atom. The summed E-state index contributed by atoms with van der Waals surface area (Å²) in [5.74, 6) is 2.11. The van der Waals surface area contributed by atoms with Gasteiger partial charge in [0, 0.05) is 10.9 Å². The molecule has 0 atom stereocenters. The number of fused-ring (bicyclic) bond motifs is 1. The lowest BCUT2D eigenvalue weighted by Crippen LogP contribution is -2.36. The number of phenolic OH excluding ortho intramolecular Hbond substituents is 1. The summed E-state index contributed by atoms with van der Waals surface area (Å²) in [5, 5.41) is 14.9. The molecule has 6 nitrogen and oxygen atoms in total. The van der Waals surface area contributed by atoms with Gasteiger partial charge in [-0.3, -0.25) is 9.69 Å². The van der Waals surface area contributed by atoms with Crippen LogP contribution in [0.3, 0.4) is 0 Å². The number of piperidine rings is 1. The number of para-hydroxylation sites is 1. The summed E-state index contributed by atoms with van der Waals surface area (Å²) in [6.45, 7) is 2.22. The molecule has 0 saturated carbocycles. The zero-order chi connectivity index (χ0) is 24.9. The molecule has 1 amide bonds. The highest BCUT2D eigenvalue weighted by atomic mass is 16.5. The molecule has 1 aliphatic heterocycles. The van der Waals surface area contributed by atoms with Crippen molar-refractivity contribution in [2.24, 2.45) is 0 Å². The molecule has 0 bridgehead atoms. The Bertz CT molecular complexity index is 1350. The van der Waals surface area contributed by atoms with Gasteiger partial charge < -0.3 is 19.9 Å². The van der Waals surface area contributed by atoms with Crippen LogP contribution in [-0.4, -0.2) is 42.7 Å². The van der Waals surface area contributed by atoms with Crippen LogP contribution in [0.1, 0.15) is 19.3 Å². The maximum absolute atomic E-state index is 13.2. The van der Waals surface area contributed by atoms with Crippen molar-refractivity contribution in [1.29, 1.82) is 0 Å². The lowest BCUT2D eigenvalue weighted by atomic mass is 9.96. The van der Waals surface area contributed by atoms with Gasteiger partial charge in [0.1, 0.15) is 23.0 Å². The number of rotatable bonds is 7. The van der Waals surface area contributed by atoms with Crippen molar-refractivity contribution in [2.75, 3.05) is 32.1 Å². The Morgan fingerprint density at radius 2 is 1.67 bits per heavy atom. The Hall–Kier alpha value is -4.03. The van der Waals surface area contributed by atoms with E-state index in [-0.39, 0.29) is 11.7 Å². The predicted molar refractivity (Wildman–Crippen MR) is 143 cm³/mol. The smallest absolute Gasteiger partial charge is 0.238 e. The number of nitrogens with one attached hydrogen (secondary N) is 1. The molecule has 6 heteroatoms. The van der Waals surface area contributed by atoms with Gasteiger partial charge in [-0.15, -0.1) is 0 Å². The van der Waals surface area contributed by atoms with Crippen LogP contribution in [0.4, 0.5) is 5.69 Å². The van der Waals surface area contributed by atoms with Crippen LogP contribution in [-0.2, 0) is 4.79 Å². The van der Waals surface area contributed by atoms with Gasteiger partial charge >= 0.3 is 0 Å². The van der Waals surface area contributed by atoms with Crippen molar-refractivity contribution in [1.82, 2.24) is 4.90 Å². The Labute approximate surface area is 211 Å². The summed E-state index contributed by atoms with van der Waals surface area (Å²) in [6.07, 6.45) is 3.46. The van der Waals surface area contributed by atoms with Crippen LogP contribution >= 0.6 is 0 Å². The van der Waals surface area contributed by atoms with Crippen LogP contribution in [0, 0.1) is 0 Å². The molecule has 1 heterocycles. The highest BCUT2D eigenvalue weighted by molar-refractivity contribution is 6.06. The lowest BCUT2D eigenvalue weighted by Gasteiger charge is -2.26. The number of phenols is 1. The molecule has 0 aliphatic carbocycles. The van der Waals surface area contributed by atoms with E-state index in [2.05, 4.69) is 10.2 Å². The van der Waals surface area contributed by atoms with Crippen LogP contribution in [0.2, 0.25) is 0 Å². The first kappa shape index (κ1) is 23.7. The minimum Gasteiger partial charge on any atom is -0.508 e. The van der Waals surface area contributed by atoms with Gasteiger partial charge in [0.25, 0.3) is 0 Å². The van der Waals surface area contributed by atoms with E-state index < -0.39 is 0 Å². The molecule has 1 fully saturated rings. The van der Waals surface area contributed by atoms with Crippen molar-refractivity contribution in [2.45, 2.75) is 19.3 Å². The largest absolute Gasteiger partial charge is 0.508 e. The maximum Gasteiger partial charge on any atom is 0.238 e. The number of hydrogen-bond donors (Lipinski definition) is 2. The average Bonchev–Trinajstić information content (AvgIpc) is 2.90. The number of carbonyl (C=O) groups is 1. The molecule has 184 valence electrons. The summed E-state index contributed by atoms with van der Waals surface area (Å²) in [4.78, 5) is 15.4. The maximum atomic E-state index is 13.2. The first-order valence-electron chi connectivity index (χ1n) is 12.3. The fourth-order valence-electron chi connectivity index (χ4n) is 4.73. The van der Waals surface area contributed by atoms with Crippen LogP contribution in [0.25, 0.3) is 21.9 Å². The SMILES string of the molecule is COc1ccc(-c2c(NC(=O)CN3CCCCC3)cc3cc(O)ccc3c2Oc2ccccc2)cc1. The van der Waals surface area contributed by atoms with Crippen LogP contribution in [0.5, 0.6) is 23.0 Å². The second kappa shape index (κ2) is 10.7. The fraction of sp³-hybridized carbons (Fsp3) is 0.233. The summed E-state index contributed by atoms with van der Waals surface area (Å²) >= 11 is 0. The van der Waals surface area contributed by atoms with E-state index in [0.717, 1.165) is 53.6 Å². The summed E-state index contributed by atoms with van der Waals surface area (Å²) < 4.78 is 11.8. The van der Waals surface area contributed by atoms with Crippen molar-refractivity contribution in [3.05, 3.63) is 78.9 Å². The van der Waals surface area contributed by atoms with Gasteiger partial charge in [0.05, 0.1) is 19.3 Å². The predicted octanol–water partition coefficient (Wildman–Crippen LogP) is 6.44. The number of carbonyl (C=O) groups excluding carboxylic acids is 1. The number of nitrogens with zero attached hydrogens (tertiary/aromatic N) is 1. The molecule has 0 aromatic heterocycles. The zero-order valence-electron chi connectivity index (χ0n) is 20.4. The molecular weight excluding hydrogens is 452 g/mol. The van der Waals surface area contributed by atoms with E-state index >= 15 is 0 Å². The van der Waals surface area contributed by atoms with Gasteiger partial charge in [0.15, 0.2) is 0 Å². The minimum atomic E-state index is -0.0724. The minimum absolute atomic E-state index is 0.0724. The van der Waals surface area contributed by atoms with Crippen molar-refractivity contribution in [3.8, 4) is 34.1 Å². The quantitative estimate of drug-likeness (QED) is 0.317. The highest BCUT2D eigenvalue weighted by Crippen LogP contribution is 2.45. The number of ether oxygens (including phenoxy) is 2. The van der Waals surface area contributed by atoms with Crippen molar-refractivity contribution < 1.29 is 19.4 Å². The van der Waals surface area contributed by atoms with Gasteiger partial charge in [-0.05, 0) is 85.4 Å². The van der Waals surface area contributed by atoms with E-state index in [1.807, 2.05) is 66.7 Å². The van der Waals surface area contributed by atoms with E-state index in [1.165, 1.54) is 6.42 Å². The summed E-state index contributed by atoms with van der Waals surface area (Å²) in [7, 11) is 1.63. The number of likely N-dealkylation sites (tertiary alicyclic amines) is 1. The van der Waals surface area contributed by atoms with Crippen molar-refractivity contribution >= 4 is 22.4 Å². The second-order valence-electron chi connectivity index (χ2n) is 9.06. The van der Waals surface area contributed by atoms with Crippen LogP contribution < -0.4 is 14.8 Å². The molecule has 1 aliphatic rings. The molecule has 36 heavy (non-hydrogen) atoms. The van der Waals surface area contributed by atoms with E-state index in [9.17, 15) is 9.90 Å². The fourth-order valence-corrected chi connectivity index (χ4v) is 4.73. The lowest BCUT2D eigenvalue weighted by molar-refractivity contribution is -0.117. The molecule has 4 aromatic rings. The second-order valence-corrected chi connectivity index (χ2v) is 9.06. The van der Waals surface area contributed by atoms with Crippen LogP contribution in [0.15, 0.2) is 78.9 Å². The van der Waals surface area contributed by atoms with E-state index in [1.54, 1.807) is 19.2 Å². The monoisotopic (exact) mass is 482 g/mol. The molecule has 4 aromatic carbocycles. The van der Waals surface area contributed by atoms with Crippen molar-refractivity contribution in [3.63, 3.8) is 0 Å². The third-order valence-corrected chi connectivity index (χ3v) is 6.51. The number of benzene rings is 4. The number of hydrogen-bond acceptors (Lipinski definition) is 5. The number of amides is 1. The molecule has 0 spiro atoms. The Balaban J connectivity index is 1.64. The first-order valence-corrected chi connectivity index (χ1v) is 12.3. The normalized spacial score (nSPS) is 13.9. The van der Waals surface area contributed by atoms with Gasteiger partial charge in [-0.25, -0.2) is 0 Å². The third-order valence-electron chi connectivity index (χ3n) is 6.51. The zero-order valence-corrected chi connectivity index (χ0v) is 20.4. The molecule has 1 saturated heterocycles. The molecular formula is C30H30N2O4. The third kappa shape index (κ3) is 5.29. The number of aromatic hydroxyl groups is 1. The average molecular weight is 483 g/mol. The standard InChI is InChI=1S/C30H30N2O4/c1-35-24-13-10-21(11-14-24)29-27(31-28(34)20-32-16-6-3-7-17-32)19-22-18-23(33)12-15-26(22)30(29)36-25-8-4-2-5-9-25/h2,4-5,8-15,18-19,33H,3,6-7,16-17,20H2,1H3,(H,31,34). The van der Waals surface area contributed by atoms with E-state index in [0.29, 0.717) is 23.7 Å². The van der Waals surface area contributed by atoms with E-state index in [4.69, 9.17) is 9.47 Å². The summed E-state index contributed by atoms with van der Waals surface area (Å²) in [5.41, 5.74) is 2.28. The number of methoxy groups -OCH3 is 1. The van der Waals surface area contributed by atoms with Gasteiger partial charge in [-0.2, -0.15) is 0 Å². The van der Waals surface area contributed by atoms with Gasteiger partial charge in [-0.1, -0.05) is 36.8 Å². The summed E-state index contributed by atoms with van der Waals surface area (Å²) in [6, 6.07) is 24.3. The Kier molecular flexibility index (Phi) is 7.05. The topological polar surface area (TPSA) is 71.0 Å². The number of anilines is 1. The molecule has 0 radical (unpaired) electrons. The molecule has 5 rings (SSSR count). The molecule has 0 unspecified atom stereocenters. The molecule has 2 N–H and O–H groups in total. The van der Waals surface area contributed by atoms with Gasteiger partial charge in [0.2, 0.25) is 5.91 Å². The highest BCUT2D eigenvalue weighted by Gasteiger charge is 2.21. The Morgan fingerprint density at radius 3 is 2.39 bits per heavy atom.